The van der Waals surface area contributed by atoms with Gasteiger partial charge in [-0.05, 0) is 37.6 Å². The van der Waals surface area contributed by atoms with Gasteiger partial charge in [-0.25, -0.2) is 23.5 Å². The summed E-state index contributed by atoms with van der Waals surface area (Å²) in [5.74, 6) is -5.36. The van der Waals surface area contributed by atoms with Crippen LogP contribution in [0, 0.1) is 30.1 Å². The van der Waals surface area contributed by atoms with Crippen LogP contribution in [0.5, 0.6) is 0 Å². The molecule has 0 amide bonds. The molecule has 1 saturated heterocycles. The molecule has 4 rings (SSSR count). The van der Waals surface area contributed by atoms with E-state index in [1.54, 1.807) is 23.1 Å². The number of aromatic carboxylic acids is 1. The number of aryl methyl sites for hydroxylation is 1. The highest BCUT2D eigenvalue weighted by atomic mass is 19.3. The fourth-order valence-electron chi connectivity index (χ4n) is 4.69. The van der Waals surface area contributed by atoms with Crippen LogP contribution in [0.4, 0.5) is 20.3 Å². The number of alkyl halides is 2. The summed E-state index contributed by atoms with van der Waals surface area (Å²) < 4.78 is 28.9. The lowest BCUT2D eigenvalue weighted by atomic mass is 9.87. The number of halogens is 2. The fraction of sp³-hybridized carbons (Fsp3) is 0.385. The van der Waals surface area contributed by atoms with Gasteiger partial charge in [-0.3, -0.25) is 0 Å². The second-order valence-corrected chi connectivity index (χ2v) is 9.33. The minimum atomic E-state index is -2.80. The lowest BCUT2D eigenvalue weighted by Crippen LogP contribution is -2.52. The second-order valence-electron chi connectivity index (χ2n) is 9.33. The SMILES string of the molecule is Cc1cc([C@@H](C)Nc2ccccc2C(=O)O)c2nc(N3CC(C)C(F)(F)C(C)C3)c(C#N)nc2c1. The Balaban J connectivity index is 1.80. The molecule has 9 heteroatoms. The molecule has 0 spiro atoms. The van der Waals surface area contributed by atoms with E-state index in [1.165, 1.54) is 19.9 Å². The molecule has 35 heavy (non-hydrogen) atoms. The number of benzene rings is 2. The highest BCUT2D eigenvalue weighted by Gasteiger charge is 2.47. The van der Waals surface area contributed by atoms with Gasteiger partial charge >= 0.3 is 5.97 Å². The molecule has 1 aromatic heterocycles. The van der Waals surface area contributed by atoms with Crippen molar-refractivity contribution in [3.63, 3.8) is 0 Å². The lowest BCUT2D eigenvalue weighted by Gasteiger charge is -2.41. The van der Waals surface area contributed by atoms with Crippen LogP contribution in [-0.2, 0) is 0 Å². The van der Waals surface area contributed by atoms with Gasteiger partial charge in [0.15, 0.2) is 11.5 Å². The summed E-state index contributed by atoms with van der Waals surface area (Å²) >= 11 is 0. The van der Waals surface area contributed by atoms with Gasteiger partial charge in [-0.1, -0.05) is 32.0 Å². The third-order valence-electron chi connectivity index (χ3n) is 6.63. The Morgan fingerprint density at radius 3 is 2.51 bits per heavy atom. The first kappa shape index (κ1) is 24.3. The number of anilines is 2. The van der Waals surface area contributed by atoms with E-state index in [1.807, 2.05) is 26.0 Å². The van der Waals surface area contributed by atoms with Crippen molar-refractivity contribution in [2.45, 2.75) is 39.7 Å². The first-order valence-corrected chi connectivity index (χ1v) is 11.5. The quantitative estimate of drug-likeness (QED) is 0.504. The number of para-hydroxylation sites is 1. The zero-order chi connectivity index (χ0) is 25.5. The average Bonchev–Trinajstić information content (AvgIpc) is 2.81. The monoisotopic (exact) mass is 479 g/mol. The fourth-order valence-corrected chi connectivity index (χ4v) is 4.69. The molecule has 2 aromatic carbocycles. The number of carboxylic acids is 1. The standard InChI is InChI=1S/C26H27F2N5O2/c1-14-9-19(17(4)30-20-8-6-5-7-18(20)25(34)35)23-21(10-14)31-22(11-29)24(32-23)33-12-15(2)26(27,28)16(3)13-33/h5-10,15-17,30H,12-13H2,1-4H3,(H,34,35)/t15?,16?,17-/m1/s1. The molecule has 182 valence electrons. The average molecular weight is 480 g/mol. The van der Waals surface area contributed by atoms with Crippen LogP contribution >= 0.6 is 0 Å². The third kappa shape index (κ3) is 4.48. The Kier molecular flexibility index (Phi) is 6.32. The Morgan fingerprint density at radius 2 is 1.89 bits per heavy atom. The number of carbonyl (C=O) groups is 1. The van der Waals surface area contributed by atoms with E-state index in [9.17, 15) is 23.9 Å². The predicted octanol–water partition coefficient (Wildman–Crippen LogP) is 5.41. The van der Waals surface area contributed by atoms with Crippen molar-refractivity contribution >= 4 is 28.5 Å². The second kappa shape index (κ2) is 9.10. The molecule has 2 N–H and O–H groups in total. The highest BCUT2D eigenvalue weighted by Crippen LogP contribution is 2.39. The minimum absolute atomic E-state index is 0.0627. The number of nitriles is 1. The van der Waals surface area contributed by atoms with E-state index >= 15 is 0 Å². The lowest BCUT2D eigenvalue weighted by molar-refractivity contribution is -0.105. The summed E-state index contributed by atoms with van der Waals surface area (Å²) in [5.41, 5.74) is 3.42. The summed E-state index contributed by atoms with van der Waals surface area (Å²) in [7, 11) is 0. The first-order valence-electron chi connectivity index (χ1n) is 11.5. The van der Waals surface area contributed by atoms with Crippen molar-refractivity contribution < 1.29 is 18.7 Å². The molecule has 7 nitrogen and oxygen atoms in total. The van der Waals surface area contributed by atoms with Crippen LogP contribution < -0.4 is 10.2 Å². The largest absolute Gasteiger partial charge is 0.478 e. The van der Waals surface area contributed by atoms with Crippen molar-refractivity contribution in [2.24, 2.45) is 11.8 Å². The van der Waals surface area contributed by atoms with Gasteiger partial charge in [0.05, 0.1) is 22.6 Å². The van der Waals surface area contributed by atoms with E-state index in [0.29, 0.717) is 16.7 Å². The van der Waals surface area contributed by atoms with Crippen molar-refractivity contribution in [2.75, 3.05) is 23.3 Å². The molecular weight excluding hydrogens is 452 g/mol. The predicted molar refractivity (Wildman–Crippen MR) is 130 cm³/mol. The number of hydrogen-bond donors (Lipinski definition) is 2. The van der Waals surface area contributed by atoms with Crippen molar-refractivity contribution in [3.8, 4) is 6.07 Å². The van der Waals surface area contributed by atoms with Gasteiger partial charge < -0.3 is 15.3 Å². The molecule has 1 aliphatic rings. The topological polar surface area (TPSA) is 102 Å². The Hall–Kier alpha value is -3.80. The van der Waals surface area contributed by atoms with E-state index in [2.05, 4.69) is 16.4 Å². The van der Waals surface area contributed by atoms with Gasteiger partial charge in [0, 0.05) is 36.2 Å². The zero-order valence-electron chi connectivity index (χ0n) is 20.0. The van der Waals surface area contributed by atoms with Crippen LogP contribution in [0.2, 0.25) is 0 Å². The molecule has 0 saturated carbocycles. The van der Waals surface area contributed by atoms with Crippen LogP contribution in [-0.4, -0.2) is 40.1 Å². The maximum absolute atomic E-state index is 14.4. The molecule has 2 heterocycles. The number of rotatable bonds is 5. The van der Waals surface area contributed by atoms with Crippen LogP contribution in [0.3, 0.4) is 0 Å². The van der Waals surface area contributed by atoms with Crippen molar-refractivity contribution in [3.05, 3.63) is 58.8 Å². The summed E-state index contributed by atoms with van der Waals surface area (Å²) in [6.45, 7) is 6.92. The maximum Gasteiger partial charge on any atom is 0.337 e. The Morgan fingerprint density at radius 1 is 1.23 bits per heavy atom. The molecule has 1 fully saturated rings. The van der Waals surface area contributed by atoms with Crippen LogP contribution in [0.15, 0.2) is 36.4 Å². The van der Waals surface area contributed by atoms with Gasteiger partial charge in [0.25, 0.3) is 5.92 Å². The number of aromatic nitrogens is 2. The third-order valence-corrected chi connectivity index (χ3v) is 6.63. The smallest absolute Gasteiger partial charge is 0.337 e. The number of carboxylic acid groups (broad SMARTS) is 1. The van der Waals surface area contributed by atoms with Gasteiger partial charge in [-0.2, -0.15) is 5.26 Å². The molecule has 2 unspecified atom stereocenters. The summed E-state index contributed by atoms with van der Waals surface area (Å²) in [6.07, 6.45) is 0. The number of hydrogen-bond acceptors (Lipinski definition) is 6. The maximum atomic E-state index is 14.4. The summed E-state index contributed by atoms with van der Waals surface area (Å²) in [5, 5.41) is 22.6. The van der Waals surface area contributed by atoms with E-state index in [4.69, 9.17) is 4.98 Å². The zero-order valence-corrected chi connectivity index (χ0v) is 20.0. The number of fused-ring (bicyclic) bond motifs is 1. The number of nitrogens with zero attached hydrogens (tertiary/aromatic N) is 4. The van der Waals surface area contributed by atoms with Crippen molar-refractivity contribution in [1.82, 2.24) is 9.97 Å². The summed E-state index contributed by atoms with van der Waals surface area (Å²) in [6, 6.07) is 12.1. The normalized spacial score (nSPS) is 20.3. The first-order chi connectivity index (χ1) is 16.5. The molecule has 3 atom stereocenters. The van der Waals surface area contributed by atoms with Crippen LogP contribution in [0.1, 0.15) is 54.0 Å². The number of piperidine rings is 1. The molecule has 3 aromatic rings. The van der Waals surface area contributed by atoms with Crippen LogP contribution in [0.25, 0.3) is 11.0 Å². The van der Waals surface area contributed by atoms with Gasteiger partial charge in [0.2, 0.25) is 0 Å². The Labute approximate surface area is 202 Å². The number of nitrogens with one attached hydrogen (secondary N) is 1. The Bertz CT molecular complexity index is 1320. The minimum Gasteiger partial charge on any atom is -0.478 e. The molecule has 0 bridgehead atoms. The van der Waals surface area contributed by atoms with Gasteiger partial charge in [0.1, 0.15) is 6.07 Å². The molecular formula is C26H27F2N5O2. The molecule has 1 aliphatic heterocycles. The van der Waals surface area contributed by atoms with E-state index in [0.717, 1.165) is 11.1 Å². The summed E-state index contributed by atoms with van der Waals surface area (Å²) in [4.78, 5) is 22.7. The molecule has 0 radical (unpaired) electrons. The van der Waals surface area contributed by atoms with E-state index in [-0.39, 0.29) is 36.2 Å². The van der Waals surface area contributed by atoms with Crippen molar-refractivity contribution in [1.29, 1.82) is 5.26 Å². The highest BCUT2D eigenvalue weighted by molar-refractivity contribution is 5.94. The van der Waals surface area contributed by atoms with E-state index < -0.39 is 23.7 Å². The van der Waals surface area contributed by atoms with Gasteiger partial charge in [-0.15, -0.1) is 0 Å². The molecule has 0 aliphatic carbocycles.